The van der Waals surface area contributed by atoms with E-state index in [-0.39, 0.29) is 0 Å². The molecule has 0 bridgehead atoms. The Morgan fingerprint density at radius 1 is 1.27 bits per heavy atom. The average Bonchev–Trinajstić information content (AvgIpc) is 2.60. The summed E-state index contributed by atoms with van der Waals surface area (Å²) >= 11 is 0. The molecule has 1 fully saturated rings. The van der Waals surface area contributed by atoms with E-state index < -0.39 is 0 Å². The Kier molecular flexibility index (Phi) is 13.7. The van der Waals surface area contributed by atoms with E-state index in [1.807, 2.05) is 37.3 Å². The van der Waals surface area contributed by atoms with E-state index in [1.54, 1.807) is 6.08 Å². The van der Waals surface area contributed by atoms with Crippen LogP contribution in [0.15, 0.2) is 43.0 Å². The molecule has 1 aromatic carbocycles. The molecule has 0 saturated carbocycles. The van der Waals surface area contributed by atoms with Crippen LogP contribution in [0.4, 0.5) is 0 Å². The maximum atomic E-state index is 7.00. The number of ether oxygens (including phenoxy) is 2. The summed E-state index contributed by atoms with van der Waals surface area (Å²) in [5, 5.41) is 7.00. The first-order chi connectivity index (χ1) is 10.8. The third-order valence-corrected chi connectivity index (χ3v) is 3.22. The number of rotatable bonds is 5. The molecule has 1 N–H and O–H groups in total. The molecular formula is C18H31NO3. The Morgan fingerprint density at radius 3 is 2.32 bits per heavy atom. The standard InChI is InChI=1S/C14H21NO2.C3H6.CH4O/c1-2-13(15-8-10-16-11-9-15)12-17-14-6-4-3-5-7-14;1-3-2;1-2/h3-7,13H,2,8-12H2,1H3;3H,1H2,2H3;2H,1H3. The number of para-hydroxylation sites is 1. The van der Waals surface area contributed by atoms with Gasteiger partial charge in [-0.2, -0.15) is 0 Å². The number of aliphatic hydroxyl groups is 1. The van der Waals surface area contributed by atoms with Gasteiger partial charge in [0.25, 0.3) is 0 Å². The van der Waals surface area contributed by atoms with Crippen molar-refractivity contribution in [2.45, 2.75) is 26.3 Å². The minimum absolute atomic E-state index is 0.499. The van der Waals surface area contributed by atoms with Crippen molar-refractivity contribution in [2.75, 3.05) is 40.0 Å². The summed E-state index contributed by atoms with van der Waals surface area (Å²) in [4.78, 5) is 2.46. The number of morpholine rings is 1. The Bertz CT molecular complexity index is 351. The molecule has 22 heavy (non-hydrogen) atoms. The van der Waals surface area contributed by atoms with Crippen LogP contribution in [-0.2, 0) is 4.74 Å². The molecule has 1 aromatic rings. The fraction of sp³-hybridized carbons (Fsp3) is 0.556. The van der Waals surface area contributed by atoms with Crippen molar-refractivity contribution in [1.29, 1.82) is 0 Å². The molecule has 1 aliphatic heterocycles. The normalized spacial score (nSPS) is 15.5. The van der Waals surface area contributed by atoms with Gasteiger partial charge in [-0.25, -0.2) is 0 Å². The first kappa shape index (κ1) is 20.6. The van der Waals surface area contributed by atoms with E-state index in [0.717, 1.165) is 52.2 Å². The van der Waals surface area contributed by atoms with Crippen LogP contribution in [-0.4, -0.2) is 56.1 Å². The van der Waals surface area contributed by atoms with Crippen molar-refractivity contribution in [3.8, 4) is 5.75 Å². The van der Waals surface area contributed by atoms with Crippen molar-refractivity contribution >= 4 is 0 Å². The second-order valence-corrected chi connectivity index (χ2v) is 4.74. The van der Waals surface area contributed by atoms with Crippen LogP contribution in [0, 0.1) is 0 Å². The molecule has 0 amide bonds. The molecule has 1 atom stereocenters. The van der Waals surface area contributed by atoms with Gasteiger partial charge in [0, 0.05) is 26.2 Å². The predicted molar refractivity (Wildman–Crippen MR) is 92.4 cm³/mol. The summed E-state index contributed by atoms with van der Waals surface area (Å²) < 4.78 is 11.2. The van der Waals surface area contributed by atoms with Gasteiger partial charge in [0.05, 0.1) is 13.2 Å². The highest BCUT2D eigenvalue weighted by Gasteiger charge is 2.19. The van der Waals surface area contributed by atoms with Crippen LogP contribution < -0.4 is 4.74 Å². The summed E-state index contributed by atoms with van der Waals surface area (Å²) in [6.07, 6.45) is 2.87. The molecule has 4 nitrogen and oxygen atoms in total. The third-order valence-electron chi connectivity index (χ3n) is 3.22. The molecule has 4 heteroatoms. The van der Waals surface area contributed by atoms with Crippen LogP contribution in [0.5, 0.6) is 5.75 Å². The highest BCUT2D eigenvalue weighted by atomic mass is 16.5. The van der Waals surface area contributed by atoms with Gasteiger partial charge in [0.2, 0.25) is 0 Å². The smallest absolute Gasteiger partial charge is 0.119 e. The zero-order valence-electron chi connectivity index (χ0n) is 14.2. The van der Waals surface area contributed by atoms with E-state index >= 15 is 0 Å². The third kappa shape index (κ3) is 8.82. The predicted octanol–water partition coefficient (Wildman–Crippen LogP) is 2.98. The van der Waals surface area contributed by atoms with Crippen molar-refractivity contribution in [3.63, 3.8) is 0 Å². The van der Waals surface area contributed by atoms with E-state index in [0.29, 0.717) is 6.04 Å². The molecule has 0 spiro atoms. The lowest BCUT2D eigenvalue weighted by atomic mass is 10.2. The molecular weight excluding hydrogens is 278 g/mol. The monoisotopic (exact) mass is 309 g/mol. The van der Waals surface area contributed by atoms with Crippen molar-refractivity contribution in [1.82, 2.24) is 4.90 Å². The lowest BCUT2D eigenvalue weighted by molar-refractivity contribution is 0.00516. The fourth-order valence-corrected chi connectivity index (χ4v) is 2.13. The molecule has 0 aromatic heterocycles. The van der Waals surface area contributed by atoms with Crippen molar-refractivity contribution in [3.05, 3.63) is 43.0 Å². The highest BCUT2D eigenvalue weighted by Crippen LogP contribution is 2.12. The summed E-state index contributed by atoms with van der Waals surface area (Å²) in [7, 11) is 1.00. The second kappa shape index (κ2) is 14.6. The van der Waals surface area contributed by atoms with Gasteiger partial charge < -0.3 is 14.6 Å². The first-order valence-electron chi connectivity index (χ1n) is 7.83. The number of hydrogen-bond acceptors (Lipinski definition) is 4. The summed E-state index contributed by atoms with van der Waals surface area (Å²) in [5.41, 5.74) is 0. The fourth-order valence-electron chi connectivity index (χ4n) is 2.13. The minimum Gasteiger partial charge on any atom is -0.492 e. The van der Waals surface area contributed by atoms with Crippen LogP contribution in [0.1, 0.15) is 20.3 Å². The van der Waals surface area contributed by atoms with Crippen molar-refractivity contribution in [2.24, 2.45) is 0 Å². The molecule has 1 aliphatic rings. The summed E-state index contributed by atoms with van der Waals surface area (Å²) in [6, 6.07) is 10.5. The van der Waals surface area contributed by atoms with Gasteiger partial charge in [-0.15, -0.1) is 6.58 Å². The van der Waals surface area contributed by atoms with Gasteiger partial charge in [0.15, 0.2) is 0 Å². The lowest BCUT2D eigenvalue weighted by Gasteiger charge is -2.33. The quantitative estimate of drug-likeness (QED) is 0.849. The average molecular weight is 309 g/mol. The SMILES string of the molecule is C=CC.CCC(COc1ccccc1)N1CCOCC1.CO. The molecule has 0 aliphatic carbocycles. The van der Waals surface area contributed by atoms with Gasteiger partial charge in [-0.05, 0) is 25.5 Å². The van der Waals surface area contributed by atoms with Crippen LogP contribution in [0.2, 0.25) is 0 Å². The van der Waals surface area contributed by atoms with Crippen LogP contribution in [0.3, 0.4) is 0 Å². The van der Waals surface area contributed by atoms with Gasteiger partial charge in [-0.1, -0.05) is 31.2 Å². The molecule has 2 rings (SSSR count). The topological polar surface area (TPSA) is 41.9 Å². The van der Waals surface area contributed by atoms with E-state index in [4.69, 9.17) is 14.6 Å². The van der Waals surface area contributed by atoms with Gasteiger partial charge >= 0.3 is 0 Å². The van der Waals surface area contributed by atoms with Gasteiger partial charge in [0.1, 0.15) is 12.4 Å². The van der Waals surface area contributed by atoms with Crippen LogP contribution in [0.25, 0.3) is 0 Å². The van der Waals surface area contributed by atoms with Crippen molar-refractivity contribution < 1.29 is 14.6 Å². The van der Waals surface area contributed by atoms with E-state index in [1.165, 1.54) is 0 Å². The zero-order chi connectivity index (χ0) is 16.6. The number of allylic oxidation sites excluding steroid dienone is 1. The highest BCUT2D eigenvalue weighted by molar-refractivity contribution is 5.20. The molecule has 0 radical (unpaired) electrons. The van der Waals surface area contributed by atoms with E-state index in [2.05, 4.69) is 18.4 Å². The molecule has 1 unspecified atom stereocenters. The number of hydrogen-bond donors (Lipinski definition) is 1. The molecule has 1 saturated heterocycles. The Morgan fingerprint density at radius 2 is 1.82 bits per heavy atom. The summed E-state index contributed by atoms with van der Waals surface area (Å²) in [5.74, 6) is 0.958. The first-order valence-corrected chi connectivity index (χ1v) is 7.83. The molecule has 126 valence electrons. The Labute approximate surface area is 135 Å². The maximum Gasteiger partial charge on any atom is 0.119 e. The number of benzene rings is 1. The van der Waals surface area contributed by atoms with Gasteiger partial charge in [-0.3, -0.25) is 4.90 Å². The maximum absolute atomic E-state index is 7.00. The van der Waals surface area contributed by atoms with E-state index in [9.17, 15) is 0 Å². The second-order valence-electron chi connectivity index (χ2n) is 4.74. The Balaban J connectivity index is 0.000000789. The zero-order valence-corrected chi connectivity index (χ0v) is 14.2. The largest absolute Gasteiger partial charge is 0.492 e. The number of aliphatic hydroxyl groups excluding tert-OH is 1. The van der Waals surface area contributed by atoms with Crippen LogP contribution >= 0.6 is 0 Å². The Hall–Kier alpha value is -1.36. The lowest BCUT2D eigenvalue weighted by Crippen LogP contribution is -2.45. The summed E-state index contributed by atoms with van der Waals surface area (Å²) in [6.45, 7) is 12.0. The number of nitrogens with zero attached hydrogens (tertiary/aromatic N) is 1. The molecule has 1 heterocycles. The minimum atomic E-state index is 0.499.